The molecule has 2 N–H and O–H groups in total. The van der Waals surface area contributed by atoms with E-state index in [1.807, 2.05) is 6.92 Å². The highest BCUT2D eigenvalue weighted by molar-refractivity contribution is 5.93. The quantitative estimate of drug-likeness (QED) is 0.626. The van der Waals surface area contributed by atoms with Gasteiger partial charge in [0.15, 0.2) is 0 Å². The number of hydrogen-bond acceptors (Lipinski definition) is 4. The van der Waals surface area contributed by atoms with Gasteiger partial charge in [-0.05, 0) is 26.3 Å². The third kappa shape index (κ3) is 3.11. The van der Waals surface area contributed by atoms with Crippen LogP contribution in [0.1, 0.15) is 30.3 Å². The van der Waals surface area contributed by atoms with Crippen LogP contribution in [0.2, 0.25) is 0 Å². The van der Waals surface area contributed by atoms with Gasteiger partial charge in [-0.25, -0.2) is 0 Å². The molecule has 0 saturated carbocycles. The molecule has 1 amide bonds. The van der Waals surface area contributed by atoms with E-state index in [2.05, 4.69) is 10.6 Å². The van der Waals surface area contributed by atoms with E-state index in [0.29, 0.717) is 12.2 Å². The molecule has 0 bridgehead atoms. The number of nitro groups is 1. The standard InChI is InChI=1S/C12H18N4O3/c1-2-15-8-10(16(18)19)6-11(15)12(17)14-9-4-3-5-13-7-9/h6,8-9,13H,2-5,7H2,1H3,(H,14,17). The molecule has 2 heterocycles. The lowest BCUT2D eigenvalue weighted by Crippen LogP contribution is -2.46. The molecule has 1 fully saturated rings. The van der Waals surface area contributed by atoms with Crippen LogP contribution in [-0.2, 0) is 6.54 Å². The first-order chi connectivity index (χ1) is 9.11. The molecular formula is C12H18N4O3. The first-order valence-corrected chi connectivity index (χ1v) is 6.48. The molecule has 2 rings (SSSR count). The van der Waals surface area contributed by atoms with Crippen molar-refractivity contribution in [1.82, 2.24) is 15.2 Å². The highest BCUT2D eigenvalue weighted by Crippen LogP contribution is 2.16. The van der Waals surface area contributed by atoms with Crippen LogP contribution in [0.4, 0.5) is 5.69 Å². The van der Waals surface area contributed by atoms with Gasteiger partial charge in [0.1, 0.15) is 5.69 Å². The fourth-order valence-corrected chi connectivity index (χ4v) is 2.28. The van der Waals surface area contributed by atoms with Crippen LogP contribution in [0.5, 0.6) is 0 Å². The molecule has 7 heteroatoms. The Balaban J connectivity index is 2.11. The maximum atomic E-state index is 12.1. The normalized spacial score (nSPS) is 19.1. The van der Waals surface area contributed by atoms with Gasteiger partial charge in [0.2, 0.25) is 0 Å². The fourth-order valence-electron chi connectivity index (χ4n) is 2.28. The zero-order valence-corrected chi connectivity index (χ0v) is 10.9. The number of carbonyl (C=O) groups excluding carboxylic acids is 1. The SMILES string of the molecule is CCn1cc([N+](=O)[O-])cc1C(=O)NC1CCCNC1. The van der Waals surface area contributed by atoms with Crippen molar-refractivity contribution in [2.45, 2.75) is 32.4 Å². The number of aryl methyl sites for hydroxylation is 1. The molecule has 0 spiro atoms. The smallest absolute Gasteiger partial charge is 0.287 e. The highest BCUT2D eigenvalue weighted by Gasteiger charge is 2.21. The van der Waals surface area contributed by atoms with Gasteiger partial charge in [0, 0.05) is 25.2 Å². The molecule has 0 radical (unpaired) electrons. The van der Waals surface area contributed by atoms with Gasteiger partial charge in [0.25, 0.3) is 11.6 Å². The second kappa shape index (κ2) is 5.83. The summed E-state index contributed by atoms with van der Waals surface area (Å²) in [6.07, 6.45) is 3.36. The number of aromatic nitrogens is 1. The van der Waals surface area contributed by atoms with Crippen molar-refractivity contribution >= 4 is 11.6 Å². The number of piperidine rings is 1. The number of nitrogens with one attached hydrogen (secondary N) is 2. The predicted molar refractivity (Wildman–Crippen MR) is 70.1 cm³/mol. The molecule has 1 saturated heterocycles. The maximum Gasteiger partial charge on any atom is 0.287 e. The average molecular weight is 266 g/mol. The molecule has 1 aromatic rings. The van der Waals surface area contributed by atoms with Crippen molar-refractivity contribution < 1.29 is 9.72 Å². The topological polar surface area (TPSA) is 89.2 Å². The van der Waals surface area contributed by atoms with Gasteiger partial charge in [-0.15, -0.1) is 0 Å². The van der Waals surface area contributed by atoms with Crippen molar-refractivity contribution in [3.05, 3.63) is 28.1 Å². The van der Waals surface area contributed by atoms with Crippen LogP contribution in [-0.4, -0.2) is 34.5 Å². The van der Waals surface area contributed by atoms with Crippen LogP contribution in [0.15, 0.2) is 12.3 Å². The van der Waals surface area contributed by atoms with E-state index in [4.69, 9.17) is 0 Å². The van der Waals surface area contributed by atoms with Gasteiger partial charge in [-0.3, -0.25) is 14.9 Å². The minimum absolute atomic E-state index is 0.0474. The molecule has 104 valence electrons. The Morgan fingerprint density at radius 3 is 3.05 bits per heavy atom. The predicted octanol–water partition coefficient (Wildman–Crippen LogP) is 0.898. The van der Waals surface area contributed by atoms with E-state index in [1.54, 1.807) is 4.57 Å². The first-order valence-electron chi connectivity index (χ1n) is 6.48. The van der Waals surface area contributed by atoms with Gasteiger partial charge in [0.05, 0.1) is 11.1 Å². The number of rotatable bonds is 4. The van der Waals surface area contributed by atoms with Gasteiger partial charge in [-0.1, -0.05) is 0 Å². The van der Waals surface area contributed by atoms with Crippen molar-refractivity contribution in [1.29, 1.82) is 0 Å². The van der Waals surface area contributed by atoms with Gasteiger partial charge >= 0.3 is 0 Å². The van der Waals surface area contributed by atoms with Crippen molar-refractivity contribution in [2.75, 3.05) is 13.1 Å². The molecule has 1 aromatic heterocycles. The second-order valence-electron chi connectivity index (χ2n) is 4.64. The molecular weight excluding hydrogens is 248 g/mol. The summed E-state index contributed by atoms with van der Waals surface area (Å²) in [5.74, 6) is -0.247. The number of nitrogens with zero attached hydrogens (tertiary/aromatic N) is 2. The molecule has 19 heavy (non-hydrogen) atoms. The summed E-state index contributed by atoms with van der Waals surface area (Å²) in [5, 5.41) is 16.9. The third-order valence-corrected chi connectivity index (χ3v) is 3.30. The Morgan fingerprint density at radius 2 is 2.47 bits per heavy atom. The zero-order chi connectivity index (χ0) is 13.8. The Hall–Kier alpha value is -1.89. The monoisotopic (exact) mass is 266 g/mol. The molecule has 1 aliphatic heterocycles. The van der Waals surface area contributed by atoms with Crippen molar-refractivity contribution in [2.24, 2.45) is 0 Å². The molecule has 0 aliphatic carbocycles. The van der Waals surface area contributed by atoms with E-state index in [-0.39, 0.29) is 17.6 Å². The van der Waals surface area contributed by atoms with Crippen LogP contribution >= 0.6 is 0 Å². The molecule has 1 atom stereocenters. The summed E-state index contributed by atoms with van der Waals surface area (Å²) in [6, 6.07) is 1.43. The third-order valence-electron chi connectivity index (χ3n) is 3.30. The summed E-state index contributed by atoms with van der Waals surface area (Å²) in [7, 11) is 0. The molecule has 1 aliphatic rings. The summed E-state index contributed by atoms with van der Waals surface area (Å²) in [6.45, 7) is 4.10. The summed E-state index contributed by atoms with van der Waals surface area (Å²) >= 11 is 0. The number of amides is 1. The van der Waals surface area contributed by atoms with Crippen molar-refractivity contribution in [3.8, 4) is 0 Å². The lowest BCUT2D eigenvalue weighted by molar-refractivity contribution is -0.384. The van der Waals surface area contributed by atoms with Crippen LogP contribution in [0.25, 0.3) is 0 Å². The van der Waals surface area contributed by atoms with Crippen LogP contribution < -0.4 is 10.6 Å². The fraction of sp³-hybridized carbons (Fsp3) is 0.583. The van der Waals surface area contributed by atoms with E-state index in [0.717, 1.165) is 25.9 Å². The van der Waals surface area contributed by atoms with E-state index < -0.39 is 4.92 Å². The lowest BCUT2D eigenvalue weighted by atomic mass is 10.1. The lowest BCUT2D eigenvalue weighted by Gasteiger charge is -2.23. The summed E-state index contributed by atoms with van der Waals surface area (Å²) < 4.78 is 1.60. The Kier molecular flexibility index (Phi) is 4.16. The molecule has 1 unspecified atom stereocenters. The average Bonchev–Trinajstić information content (AvgIpc) is 2.84. The molecule has 7 nitrogen and oxygen atoms in total. The largest absolute Gasteiger partial charge is 0.347 e. The first kappa shape index (κ1) is 13.5. The second-order valence-corrected chi connectivity index (χ2v) is 4.64. The Labute approximate surface area is 111 Å². The van der Waals surface area contributed by atoms with E-state index in [1.165, 1.54) is 12.3 Å². The molecule has 0 aromatic carbocycles. The number of hydrogen-bond donors (Lipinski definition) is 2. The maximum absolute atomic E-state index is 12.1. The van der Waals surface area contributed by atoms with Gasteiger partial charge in [-0.2, -0.15) is 0 Å². The van der Waals surface area contributed by atoms with Gasteiger partial charge < -0.3 is 15.2 Å². The van der Waals surface area contributed by atoms with Crippen LogP contribution in [0, 0.1) is 10.1 Å². The number of carbonyl (C=O) groups is 1. The Bertz CT molecular complexity index is 477. The highest BCUT2D eigenvalue weighted by atomic mass is 16.6. The minimum Gasteiger partial charge on any atom is -0.347 e. The summed E-state index contributed by atoms with van der Waals surface area (Å²) in [5.41, 5.74) is 0.300. The van der Waals surface area contributed by atoms with E-state index >= 15 is 0 Å². The van der Waals surface area contributed by atoms with Crippen LogP contribution in [0.3, 0.4) is 0 Å². The summed E-state index contributed by atoms with van der Waals surface area (Å²) in [4.78, 5) is 22.4. The van der Waals surface area contributed by atoms with Crippen molar-refractivity contribution in [3.63, 3.8) is 0 Å². The van der Waals surface area contributed by atoms with E-state index in [9.17, 15) is 14.9 Å². The minimum atomic E-state index is -0.481. The Morgan fingerprint density at radius 1 is 1.68 bits per heavy atom. The zero-order valence-electron chi connectivity index (χ0n) is 10.9.